The molecule has 0 saturated carbocycles. The number of nitrogens with one attached hydrogen (secondary N) is 1. The Labute approximate surface area is 154 Å². The molecule has 0 radical (unpaired) electrons. The first-order valence-electron chi connectivity index (χ1n) is 8.74. The molecule has 7 heteroatoms. The number of esters is 2. The maximum Gasteiger partial charge on any atom is 0.310 e. The lowest BCUT2D eigenvalue weighted by Gasteiger charge is -2.11. The van der Waals surface area contributed by atoms with Crippen LogP contribution in [0.25, 0.3) is 0 Å². The van der Waals surface area contributed by atoms with E-state index in [1.54, 1.807) is 25.1 Å². The molecule has 0 aliphatic heterocycles. The van der Waals surface area contributed by atoms with Crippen LogP contribution in [0.5, 0.6) is 5.75 Å². The number of carbonyl (C=O) groups is 3. The third-order valence-electron chi connectivity index (χ3n) is 3.17. The highest BCUT2D eigenvalue weighted by Crippen LogP contribution is 2.15. The highest BCUT2D eigenvalue weighted by atomic mass is 16.5. The van der Waals surface area contributed by atoms with Gasteiger partial charge in [-0.3, -0.25) is 14.4 Å². The molecule has 0 aliphatic rings. The fourth-order valence-electron chi connectivity index (χ4n) is 2.11. The number of hydrogen-bond donors (Lipinski definition) is 1. The number of rotatable bonds is 11. The van der Waals surface area contributed by atoms with Crippen molar-refractivity contribution in [3.63, 3.8) is 0 Å². The van der Waals surface area contributed by atoms with Gasteiger partial charge in [0.25, 0.3) is 5.91 Å². The Kier molecular flexibility index (Phi) is 9.82. The van der Waals surface area contributed by atoms with Crippen molar-refractivity contribution < 1.29 is 28.6 Å². The SMILES string of the molecule is CCOC(=O)CCCNC(=O)COC(=O)Cc1cccc(OC(C)C)c1. The molecule has 1 aromatic carbocycles. The van der Waals surface area contributed by atoms with Crippen LogP contribution in [0.2, 0.25) is 0 Å². The van der Waals surface area contributed by atoms with E-state index < -0.39 is 11.9 Å². The fourth-order valence-corrected chi connectivity index (χ4v) is 2.11. The third kappa shape index (κ3) is 9.66. The molecule has 0 fully saturated rings. The molecular formula is C19H27NO6. The van der Waals surface area contributed by atoms with Gasteiger partial charge in [-0.15, -0.1) is 0 Å². The van der Waals surface area contributed by atoms with Gasteiger partial charge < -0.3 is 19.5 Å². The monoisotopic (exact) mass is 365 g/mol. The molecule has 1 aromatic rings. The fraction of sp³-hybridized carbons (Fsp3) is 0.526. The highest BCUT2D eigenvalue weighted by Gasteiger charge is 2.10. The predicted octanol–water partition coefficient (Wildman–Crippen LogP) is 2.02. The molecule has 0 aliphatic carbocycles. The average Bonchev–Trinajstić information content (AvgIpc) is 2.57. The lowest BCUT2D eigenvalue weighted by molar-refractivity contribution is -0.147. The zero-order chi connectivity index (χ0) is 19.4. The van der Waals surface area contributed by atoms with Gasteiger partial charge in [0.1, 0.15) is 5.75 Å². The molecule has 0 aromatic heterocycles. The second-order valence-electron chi connectivity index (χ2n) is 5.91. The van der Waals surface area contributed by atoms with Gasteiger partial charge in [-0.05, 0) is 44.9 Å². The summed E-state index contributed by atoms with van der Waals surface area (Å²) >= 11 is 0. The van der Waals surface area contributed by atoms with Crippen molar-refractivity contribution in [2.24, 2.45) is 0 Å². The van der Waals surface area contributed by atoms with Gasteiger partial charge in [0.2, 0.25) is 0 Å². The Morgan fingerprint density at radius 1 is 1.12 bits per heavy atom. The summed E-state index contributed by atoms with van der Waals surface area (Å²) in [6.07, 6.45) is 0.819. The lowest BCUT2D eigenvalue weighted by Crippen LogP contribution is -2.30. The van der Waals surface area contributed by atoms with E-state index in [2.05, 4.69) is 5.32 Å². The molecule has 0 unspecified atom stereocenters. The molecule has 0 spiro atoms. The van der Waals surface area contributed by atoms with E-state index in [1.165, 1.54) is 0 Å². The lowest BCUT2D eigenvalue weighted by atomic mass is 10.1. The van der Waals surface area contributed by atoms with E-state index in [0.29, 0.717) is 25.3 Å². The molecule has 1 N–H and O–H groups in total. The smallest absolute Gasteiger partial charge is 0.310 e. The van der Waals surface area contributed by atoms with Crippen LogP contribution in [0.15, 0.2) is 24.3 Å². The van der Waals surface area contributed by atoms with Crippen LogP contribution >= 0.6 is 0 Å². The predicted molar refractivity (Wildman–Crippen MR) is 95.7 cm³/mol. The van der Waals surface area contributed by atoms with Crippen LogP contribution in [-0.4, -0.2) is 43.7 Å². The zero-order valence-electron chi connectivity index (χ0n) is 15.6. The molecule has 1 amide bonds. The molecule has 0 saturated heterocycles. The van der Waals surface area contributed by atoms with Gasteiger partial charge in [0, 0.05) is 13.0 Å². The van der Waals surface area contributed by atoms with Gasteiger partial charge in [-0.25, -0.2) is 0 Å². The van der Waals surface area contributed by atoms with Crippen LogP contribution in [0.4, 0.5) is 0 Å². The van der Waals surface area contributed by atoms with Gasteiger partial charge in [0.05, 0.1) is 19.1 Å². The van der Waals surface area contributed by atoms with Crippen molar-refractivity contribution in [1.29, 1.82) is 0 Å². The molecule has 1 rings (SSSR count). The first-order chi connectivity index (χ1) is 12.4. The zero-order valence-corrected chi connectivity index (χ0v) is 15.6. The summed E-state index contributed by atoms with van der Waals surface area (Å²) in [7, 11) is 0. The van der Waals surface area contributed by atoms with E-state index in [4.69, 9.17) is 14.2 Å². The van der Waals surface area contributed by atoms with Crippen molar-refractivity contribution >= 4 is 17.8 Å². The third-order valence-corrected chi connectivity index (χ3v) is 3.17. The first kappa shape index (κ1) is 21.5. The van der Waals surface area contributed by atoms with E-state index >= 15 is 0 Å². The topological polar surface area (TPSA) is 90.9 Å². The minimum Gasteiger partial charge on any atom is -0.491 e. The summed E-state index contributed by atoms with van der Waals surface area (Å²) in [4.78, 5) is 34.6. The molecule has 26 heavy (non-hydrogen) atoms. The molecular weight excluding hydrogens is 338 g/mol. The average molecular weight is 365 g/mol. The highest BCUT2D eigenvalue weighted by molar-refractivity contribution is 5.81. The van der Waals surface area contributed by atoms with Crippen LogP contribution in [0.3, 0.4) is 0 Å². The van der Waals surface area contributed by atoms with Crippen molar-refractivity contribution in [2.45, 2.75) is 46.1 Å². The normalized spacial score (nSPS) is 10.3. The van der Waals surface area contributed by atoms with Gasteiger partial charge in [0.15, 0.2) is 6.61 Å². The first-order valence-corrected chi connectivity index (χ1v) is 8.74. The summed E-state index contributed by atoms with van der Waals surface area (Å²) in [6.45, 7) is 5.90. The van der Waals surface area contributed by atoms with E-state index in [-0.39, 0.29) is 31.5 Å². The summed E-state index contributed by atoms with van der Waals surface area (Å²) in [5, 5.41) is 2.59. The minimum absolute atomic E-state index is 0.0460. The van der Waals surface area contributed by atoms with Crippen LogP contribution < -0.4 is 10.1 Å². The summed E-state index contributed by atoms with van der Waals surface area (Å²) in [5.41, 5.74) is 0.753. The summed E-state index contributed by atoms with van der Waals surface area (Å²) in [5.74, 6) is -0.506. The number of hydrogen-bond acceptors (Lipinski definition) is 6. The Morgan fingerprint density at radius 2 is 1.88 bits per heavy atom. The Balaban J connectivity index is 2.25. The Hall–Kier alpha value is -2.57. The minimum atomic E-state index is -0.492. The maximum absolute atomic E-state index is 11.8. The molecule has 0 bridgehead atoms. The Bertz CT molecular complexity index is 599. The van der Waals surface area contributed by atoms with E-state index in [9.17, 15) is 14.4 Å². The van der Waals surface area contributed by atoms with E-state index in [0.717, 1.165) is 5.56 Å². The number of ether oxygens (including phenoxy) is 3. The summed E-state index contributed by atoms with van der Waals surface area (Å²) in [6, 6.07) is 7.19. The standard InChI is InChI=1S/C19H27NO6/c1-4-24-18(22)9-6-10-20-17(21)13-25-19(23)12-15-7-5-8-16(11-15)26-14(2)3/h5,7-8,11,14H,4,6,9-10,12-13H2,1-3H3,(H,20,21). The number of carbonyl (C=O) groups excluding carboxylic acids is 3. The van der Waals surface area contributed by atoms with Crippen LogP contribution in [0, 0.1) is 0 Å². The maximum atomic E-state index is 11.8. The number of amides is 1. The van der Waals surface area contributed by atoms with Crippen molar-refractivity contribution in [2.75, 3.05) is 19.8 Å². The van der Waals surface area contributed by atoms with Gasteiger partial charge >= 0.3 is 11.9 Å². The van der Waals surface area contributed by atoms with Crippen molar-refractivity contribution in [3.05, 3.63) is 29.8 Å². The quantitative estimate of drug-likeness (QED) is 0.477. The molecule has 0 heterocycles. The molecule has 144 valence electrons. The van der Waals surface area contributed by atoms with Gasteiger partial charge in [-0.1, -0.05) is 12.1 Å². The summed E-state index contributed by atoms with van der Waals surface area (Å²) < 4.78 is 15.3. The van der Waals surface area contributed by atoms with Crippen molar-refractivity contribution in [1.82, 2.24) is 5.32 Å². The number of benzene rings is 1. The van der Waals surface area contributed by atoms with Crippen LogP contribution in [-0.2, 0) is 30.3 Å². The second-order valence-corrected chi connectivity index (χ2v) is 5.91. The largest absolute Gasteiger partial charge is 0.491 e. The van der Waals surface area contributed by atoms with Gasteiger partial charge in [-0.2, -0.15) is 0 Å². The van der Waals surface area contributed by atoms with Crippen LogP contribution in [0.1, 0.15) is 39.2 Å². The molecule has 0 atom stereocenters. The van der Waals surface area contributed by atoms with Crippen molar-refractivity contribution in [3.8, 4) is 5.75 Å². The molecule has 7 nitrogen and oxygen atoms in total. The Morgan fingerprint density at radius 3 is 2.58 bits per heavy atom. The second kappa shape index (κ2) is 11.9. The van der Waals surface area contributed by atoms with E-state index in [1.807, 2.05) is 19.9 Å².